The van der Waals surface area contributed by atoms with Crippen LogP contribution in [0.4, 0.5) is 13.2 Å². The summed E-state index contributed by atoms with van der Waals surface area (Å²) in [5.74, 6) is 1.04. The Kier molecular flexibility index (Phi) is 6.15. The zero-order valence-corrected chi connectivity index (χ0v) is 15.6. The van der Waals surface area contributed by atoms with Crippen molar-refractivity contribution in [3.63, 3.8) is 0 Å². The molecule has 1 N–H and O–H groups in total. The first-order chi connectivity index (χ1) is 12.8. The number of furan rings is 1. The van der Waals surface area contributed by atoms with Crippen LogP contribution in [0.1, 0.15) is 16.9 Å². The van der Waals surface area contributed by atoms with Gasteiger partial charge in [-0.3, -0.25) is 0 Å². The lowest BCUT2D eigenvalue weighted by Crippen LogP contribution is -2.16. The summed E-state index contributed by atoms with van der Waals surface area (Å²) >= 11 is 12.0. The molecule has 0 aliphatic heterocycles. The van der Waals surface area contributed by atoms with Crippen LogP contribution in [0.25, 0.3) is 11.3 Å². The van der Waals surface area contributed by atoms with Gasteiger partial charge in [-0.15, -0.1) is 0 Å². The van der Waals surface area contributed by atoms with Crippen LogP contribution in [0, 0.1) is 0 Å². The van der Waals surface area contributed by atoms with E-state index < -0.39 is 11.7 Å². The van der Waals surface area contributed by atoms with Crippen LogP contribution < -0.4 is 5.32 Å². The zero-order chi connectivity index (χ0) is 19.4. The lowest BCUT2D eigenvalue weighted by Gasteiger charge is -2.07. The van der Waals surface area contributed by atoms with Gasteiger partial charge in [-0.05, 0) is 54.9 Å². The monoisotopic (exact) mass is 413 g/mol. The molecule has 3 aromatic rings. The van der Waals surface area contributed by atoms with Crippen molar-refractivity contribution < 1.29 is 17.6 Å². The summed E-state index contributed by atoms with van der Waals surface area (Å²) < 4.78 is 44.1. The minimum absolute atomic E-state index is 0.393. The Bertz CT molecular complexity index is 922. The fourth-order valence-corrected chi connectivity index (χ4v) is 3.14. The fourth-order valence-electron chi connectivity index (χ4n) is 2.64. The van der Waals surface area contributed by atoms with Gasteiger partial charge in [-0.25, -0.2) is 0 Å². The van der Waals surface area contributed by atoms with Gasteiger partial charge in [0.25, 0.3) is 0 Å². The van der Waals surface area contributed by atoms with E-state index in [-0.39, 0.29) is 0 Å². The van der Waals surface area contributed by atoms with E-state index in [4.69, 9.17) is 27.6 Å². The molecular formula is C20H16Cl2F3NO. The largest absolute Gasteiger partial charge is 0.460 e. The molecule has 3 rings (SSSR count). The van der Waals surface area contributed by atoms with Crippen molar-refractivity contribution in [2.75, 3.05) is 6.54 Å². The van der Waals surface area contributed by atoms with E-state index in [1.807, 2.05) is 6.07 Å². The van der Waals surface area contributed by atoms with Gasteiger partial charge < -0.3 is 9.73 Å². The predicted octanol–water partition coefficient (Wildman–Crippen LogP) is 6.60. The number of rotatable bonds is 6. The Balaban J connectivity index is 1.57. The molecule has 0 aliphatic carbocycles. The molecule has 142 valence electrons. The molecule has 2 nitrogen and oxygen atoms in total. The molecule has 1 heterocycles. The lowest BCUT2D eigenvalue weighted by atomic mass is 10.1. The van der Waals surface area contributed by atoms with Gasteiger partial charge >= 0.3 is 6.18 Å². The molecule has 7 heteroatoms. The normalized spacial score (nSPS) is 11.7. The second kappa shape index (κ2) is 8.38. The molecule has 0 saturated heterocycles. The van der Waals surface area contributed by atoms with Crippen LogP contribution in [-0.2, 0) is 19.1 Å². The molecule has 1 aromatic heterocycles. The second-order valence-electron chi connectivity index (χ2n) is 6.01. The molecule has 0 spiro atoms. The van der Waals surface area contributed by atoms with Crippen LogP contribution in [0.2, 0.25) is 10.0 Å². The summed E-state index contributed by atoms with van der Waals surface area (Å²) in [7, 11) is 0. The van der Waals surface area contributed by atoms with Gasteiger partial charge in [-0.1, -0.05) is 41.4 Å². The Hall–Kier alpha value is -1.95. The summed E-state index contributed by atoms with van der Waals surface area (Å²) in [5.41, 5.74) is 0.678. The summed E-state index contributed by atoms with van der Waals surface area (Å²) in [5, 5.41) is 4.44. The van der Waals surface area contributed by atoms with Crippen LogP contribution in [0.5, 0.6) is 0 Å². The van der Waals surface area contributed by atoms with E-state index in [0.717, 1.165) is 24.1 Å². The Morgan fingerprint density at radius 3 is 2.52 bits per heavy atom. The predicted molar refractivity (Wildman–Crippen MR) is 101 cm³/mol. The highest BCUT2D eigenvalue weighted by atomic mass is 35.5. The van der Waals surface area contributed by atoms with E-state index in [2.05, 4.69) is 5.32 Å². The van der Waals surface area contributed by atoms with Crippen molar-refractivity contribution in [3.8, 4) is 11.3 Å². The molecule has 0 unspecified atom stereocenters. The fraction of sp³-hybridized carbons (Fsp3) is 0.200. The topological polar surface area (TPSA) is 25.2 Å². The number of alkyl halides is 3. The second-order valence-corrected chi connectivity index (χ2v) is 6.85. The highest BCUT2D eigenvalue weighted by Crippen LogP contribution is 2.32. The highest BCUT2D eigenvalue weighted by Gasteiger charge is 2.30. The van der Waals surface area contributed by atoms with E-state index in [1.54, 1.807) is 30.3 Å². The minimum atomic E-state index is -4.38. The van der Waals surface area contributed by atoms with E-state index >= 15 is 0 Å². The van der Waals surface area contributed by atoms with Crippen LogP contribution >= 0.6 is 23.2 Å². The van der Waals surface area contributed by atoms with Crippen molar-refractivity contribution in [2.24, 2.45) is 0 Å². The lowest BCUT2D eigenvalue weighted by molar-refractivity contribution is -0.137. The van der Waals surface area contributed by atoms with Crippen LogP contribution in [-0.4, -0.2) is 6.54 Å². The zero-order valence-electron chi connectivity index (χ0n) is 14.1. The number of hydrogen-bond donors (Lipinski definition) is 1. The Labute approximate surface area is 164 Å². The first-order valence-electron chi connectivity index (χ1n) is 8.24. The molecule has 0 bridgehead atoms. The van der Waals surface area contributed by atoms with Crippen molar-refractivity contribution in [1.29, 1.82) is 0 Å². The molecule has 0 aliphatic rings. The average Bonchev–Trinajstić information content (AvgIpc) is 3.08. The maximum atomic E-state index is 12.8. The standard InChI is InChI=1S/C20H16Cl2F3NO/c21-16-5-4-13(18(22)11-16)8-9-26-12-17-6-7-19(27-17)14-2-1-3-15(10-14)20(23,24)25/h1-7,10-11,26H,8-9,12H2. The SMILES string of the molecule is FC(F)(F)c1cccc(-c2ccc(CNCCc3ccc(Cl)cc3Cl)o2)c1. The smallest absolute Gasteiger partial charge is 0.416 e. The number of hydrogen-bond acceptors (Lipinski definition) is 2. The first-order valence-corrected chi connectivity index (χ1v) is 8.99. The number of nitrogens with one attached hydrogen (secondary N) is 1. The van der Waals surface area contributed by atoms with Crippen LogP contribution in [0.3, 0.4) is 0 Å². The van der Waals surface area contributed by atoms with E-state index in [0.29, 0.717) is 40.2 Å². The Morgan fingerprint density at radius 1 is 0.963 bits per heavy atom. The maximum absolute atomic E-state index is 12.8. The molecule has 0 atom stereocenters. The van der Waals surface area contributed by atoms with Gasteiger partial charge in [0.2, 0.25) is 0 Å². The van der Waals surface area contributed by atoms with Gasteiger partial charge in [0, 0.05) is 15.6 Å². The maximum Gasteiger partial charge on any atom is 0.416 e. The molecule has 0 amide bonds. The first kappa shape index (κ1) is 19.8. The molecule has 0 saturated carbocycles. The highest BCUT2D eigenvalue weighted by molar-refractivity contribution is 6.35. The van der Waals surface area contributed by atoms with Gasteiger partial charge in [0.1, 0.15) is 11.5 Å². The molecular weight excluding hydrogens is 398 g/mol. The van der Waals surface area contributed by atoms with Gasteiger partial charge in [0.15, 0.2) is 0 Å². The van der Waals surface area contributed by atoms with Crippen molar-refractivity contribution >= 4 is 23.2 Å². The average molecular weight is 414 g/mol. The minimum Gasteiger partial charge on any atom is -0.460 e. The Morgan fingerprint density at radius 2 is 1.78 bits per heavy atom. The van der Waals surface area contributed by atoms with Crippen molar-refractivity contribution in [1.82, 2.24) is 5.32 Å². The third kappa shape index (κ3) is 5.28. The van der Waals surface area contributed by atoms with E-state index in [1.165, 1.54) is 6.07 Å². The summed E-state index contributed by atoms with van der Waals surface area (Å²) in [4.78, 5) is 0. The van der Waals surface area contributed by atoms with Crippen molar-refractivity contribution in [3.05, 3.63) is 81.5 Å². The molecule has 0 fully saturated rings. The summed E-state index contributed by atoms with van der Waals surface area (Å²) in [6, 6.07) is 13.9. The van der Waals surface area contributed by atoms with Gasteiger partial charge in [-0.2, -0.15) is 13.2 Å². The molecule has 27 heavy (non-hydrogen) atoms. The summed E-state index contributed by atoms with van der Waals surface area (Å²) in [6.07, 6.45) is -3.66. The van der Waals surface area contributed by atoms with Gasteiger partial charge in [0.05, 0.1) is 12.1 Å². The summed E-state index contributed by atoms with van der Waals surface area (Å²) in [6.45, 7) is 1.13. The molecule has 0 radical (unpaired) electrons. The van der Waals surface area contributed by atoms with Crippen LogP contribution in [0.15, 0.2) is 59.0 Å². The number of benzene rings is 2. The third-order valence-electron chi connectivity index (χ3n) is 4.02. The quantitative estimate of drug-likeness (QED) is 0.460. The molecule has 2 aromatic carbocycles. The number of halogens is 5. The van der Waals surface area contributed by atoms with Crippen molar-refractivity contribution in [2.45, 2.75) is 19.1 Å². The third-order valence-corrected chi connectivity index (χ3v) is 4.61. The van der Waals surface area contributed by atoms with E-state index in [9.17, 15) is 13.2 Å².